The minimum atomic E-state index is -1.10. The van der Waals surface area contributed by atoms with Gasteiger partial charge in [-0.3, -0.25) is 9.59 Å². The van der Waals surface area contributed by atoms with E-state index in [4.69, 9.17) is 4.42 Å². The molecule has 1 heterocycles. The first-order chi connectivity index (χ1) is 12.3. The summed E-state index contributed by atoms with van der Waals surface area (Å²) in [5, 5.41) is 10.9. The van der Waals surface area contributed by atoms with Crippen LogP contribution in [0.3, 0.4) is 0 Å². The molecule has 0 aliphatic heterocycles. The van der Waals surface area contributed by atoms with Gasteiger partial charge in [-0.2, -0.15) is 0 Å². The molecule has 0 aliphatic carbocycles. The van der Waals surface area contributed by atoms with Gasteiger partial charge in [-0.25, -0.2) is 9.59 Å². The average Bonchev–Trinajstić information content (AvgIpc) is 2.57. The summed E-state index contributed by atoms with van der Waals surface area (Å²) in [6.07, 6.45) is 0.887. The Balaban J connectivity index is 2.57. The summed E-state index contributed by atoms with van der Waals surface area (Å²) in [6.45, 7) is 6.80. The van der Waals surface area contributed by atoms with Crippen LogP contribution in [0.5, 0.6) is 5.75 Å². The van der Waals surface area contributed by atoms with Crippen LogP contribution in [0.1, 0.15) is 34.8 Å². The topological polar surface area (TPSA) is 111 Å². The quantitative estimate of drug-likeness (QED) is 0.202. The number of allylic oxidation sites excluding steroid dienone is 1. The molecule has 0 radical (unpaired) electrons. The molecule has 0 saturated carbocycles. The summed E-state index contributed by atoms with van der Waals surface area (Å²) in [6, 6.07) is 2.60. The third-order valence-corrected chi connectivity index (χ3v) is 3.78. The number of fused-ring (bicyclic) bond motifs is 1. The van der Waals surface area contributed by atoms with Crippen LogP contribution in [0.4, 0.5) is 0 Å². The van der Waals surface area contributed by atoms with Crippen molar-refractivity contribution in [1.82, 2.24) is 0 Å². The number of ketones is 2. The van der Waals surface area contributed by atoms with Gasteiger partial charge in [0.1, 0.15) is 11.3 Å². The fraction of sp³-hybridized carbons (Fsp3) is 0.263. The summed E-state index contributed by atoms with van der Waals surface area (Å²) >= 11 is 0. The van der Waals surface area contributed by atoms with Crippen molar-refractivity contribution in [1.29, 1.82) is 0 Å². The molecule has 1 aromatic carbocycles. The van der Waals surface area contributed by atoms with E-state index in [1.807, 2.05) is 0 Å². The third kappa shape index (κ3) is 3.72. The lowest BCUT2D eigenvalue weighted by Gasteiger charge is -2.12. The normalized spacial score (nSPS) is 10.5. The SMILES string of the molecule is C=CCc1c(O)c(C(=O)CC(=O)C(=O)OCC)cc2c(C)cc(=O)oc12. The highest BCUT2D eigenvalue weighted by molar-refractivity contribution is 6.38. The van der Waals surface area contributed by atoms with Crippen LogP contribution in [0.2, 0.25) is 0 Å². The summed E-state index contributed by atoms with van der Waals surface area (Å²) in [7, 11) is 0. The van der Waals surface area contributed by atoms with Crippen molar-refractivity contribution in [3.8, 4) is 5.75 Å². The fourth-order valence-corrected chi connectivity index (χ4v) is 2.58. The molecule has 26 heavy (non-hydrogen) atoms. The molecule has 0 unspecified atom stereocenters. The summed E-state index contributed by atoms with van der Waals surface area (Å²) < 4.78 is 9.75. The molecule has 2 rings (SSSR count). The molecule has 0 amide bonds. The average molecular weight is 358 g/mol. The number of ether oxygens (including phenoxy) is 1. The Morgan fingerprint density at radius 2 is 2.00 bits per heavy atom. The van der Waals surface area contributed by atoms with Crippen molar-refractivity contribution < 1.29 is 28.6 Å². The van der Waals surface area contributed by atoms with Crippen molar-refractivity contribution >= 4 is 28.5 Å². The standard InChI is InChI=1S/C19H18O7/c1-4-6-11-17(23)13(14(20)9-15(21)19(24)25-5-2)8-12-10(3)7-16(22)26-18(11)12/h4,7-8,23H,1,5-6,9H2,2-3H3. The van der Waals surface area contributed by atoms with Crippen LogP contribution in [0.15, 0.2) is 34.0 Å². The summed E-state index contributed by atoms with van der Waals surface area (Å²) in [4.78, 5) is 47.3. The zero-order chi connectivity index (χ0) is 19.4. The number of esters is 1. The second-order valence-electron chi connectivity index (χ2n) is 5.61. The van der Waals surface area contributed by atoms with Gasteiger partial charge in [-0.15, -0.1) is 6.58 Å². The van der Waals surface area contributed by atoms with E-state index in [-0.39, 0.29) is 29.7 Å². The smallest absolute Gasteiger partial charge is 0.375 e. The first-order valence-electron chi connectivity index (χ1n) is 7.93. The maximum Gasteiger partial charge on any atom is 0.375 e. The van der Waals surface area contributed by atoms with Crippen LogP contribution >= 0.6 is 0 Å². The number of hydrogen-bond acceptors (Lipinski definition) is 7. The Bertz CT molecular complexity index is 966. The highest BCUT2D eigenvalue weighted by Crippen LogP contribution is 2.33. The van der Waals surface area contributed by atoms with E-state index >= 15 is 0 Å². The Kier molecular flexibility index (Phi) is 5.71. The number of hydrogen-bond donors (Lipinski definition) is 1. The summed E-state index contributed by atoms with van der Waals surface area (Å²) in [5.41, 5.74) is 0.193. The van der Waals surface area contributed by atoms with Crippen molar-refractivity contribution in [2.75, 3.05) is 6.61 Å². The first-order valence-corrected chi connectivity index (χ1v) is 7.93. The molecule has 0 aliphatic rings. The molecule has 0 bridgehead atoms. The number of carbonyl (C=O) groups excluding carboxylic acids is 3. The van der Waals surface area contributed by atoms with Gasteiger partial charge in [0.05, 0.1) is 18.6 Å². The fourth-order valence-electron chi connectivity index (χ4n) is 2.58. The lowest BCUT2D eigenvalue weighted by atomic mass is 9.95. The summed E-state index contributed by atoms with van der Waals surface area (Å²) in [5.74, 6) is -3.25. The lowest BCUT2D eigenvalue weighted by Crippen LogP contribution is -2.21. The van der Waals surface area contributed by atoms with Gasteiger partial charge >= 0.3 is 11.6 Å². The van der Waals surface area contributed by atoms with E-state index < -0.39 is 35.3 Å². The van der Waals surface area contributed by atoms with Crippen LogP contribution in [0.25, 0.3) is 11.0 Å². The number of rotatable bonds is 7. The molecular weight excluding hydrogens is 340 g/mol. The van der Waals surface area contributed by atoms with Crippen LogP contribution < -0.4 is 5.63 Å². The molecule has 1 aromatic heterocycles. The molecule has 0 fully saturated rings. The van der Waals surface area contributed by atoms with Crippen LogP contribution in [-0.2, 0) is 20.7 Å². The second-order valence-corrected chi connectivity index (χ2v) is 5.61. The van der Waals surface area contributed by atoms with Gasteiger partial charge in [0.2, 0.25) is 5.78 Å². The minimum Gasteiger partial charge on any atom is -0.507 e. The number of phenolic OH excluding ortho intramolecular Hbond substituents is 1. The highest BCUT2D eigenvalue weighted by Gasteiger charge is 2.25. The Hall–Kier alpha value is -3.22. The molecule has 7 nitrogen and oxygen atoms in total. The van der Waals surface area contributed by atoms with Gasteiger partial charge in [0.15, 0.2) is 5.78 Å². The number of aromatic hydroxyl groups is 1. The largest absolute Gasteiger partial charge is 0.507 e. The third-order valence-electron chi connectivity index (χ3n) is 3.78. The van der Waals surface area contributed by atoms with E-state index in [0.29, 0.717) is 10.9 Å². The number of Topliss-reactive ketones (excluding diaryl/α,β-unsaturated/α-hetero) is 2. The Morgan fingerprint density at radius 1 is 1.31 bits per heavy atom. The van der Waals surface area contributed by atoms with E-state index in [1.165, 1.54) is 18.2 Å². The Morgan fingerprint density at radius 3 is 2.62 bits per heavy atom. The van der Waals surface area contributed by atoms with Crippen molar-refractivity contribution in [2.24, 2.45) is 0 Å². The van der Waals surface area contributed by atoms with Gasteiger partial charge in [0.25, 0.3) is 0 Å². The lowest BCUT2D eigenvalue weighted by molar-refractivity contribution is -0.153. The zero-order valence-corrected chi connectivity index (χ0v) is 14.5. The molecule has 7 heteroatoms. The zero-order valence-electron chi connectivity index (χ0n) is 14.5. The number of carbonyl (C=O) groups is 3. The molecule has 0 atom stereocenters. The predicted molar refractivity (Wildman–Crippen MR) is 93.4 cm³/mol. The van der Waals surface area contributed by atoms with Gasteiger partial charge in [0, 0.05) is 17.0 Å². The monoisotopic (exact) mass is 358 g/mol. The van der Waals surface area contributed by atoms with Crippen molar-refractivity contribution in [3.05, 3.63) is 51.9 Å². The molecule has 0 spiro atoms. The van der Waals surface area contributed by atoms with Gasteiger partial charge in [-0.05, 0) is 31.9 Å². The minimum absolute atomic E-state index is 0.0156. The van der Waals surface area contributed by atoms with E-state index in [1.54, 1.807) is 13.8 Å². The second kappa shape index (κ2) is 7.77. The van der Waals surface area contributed by atoms with Crippen molar-refractivity contribution in [2.45, 2.75) is 26.7 Å². The maximum absolute atomic E-state index is 12.5. The number of phenols is 1. The molecule has 2 aromatic rings. The van der Waals surface area contributed by atoms with Crippen LogP contribution in [0, 0.1) is 6.92 Å². The maximum atomic E-state index is 12.5. The number of benzene rings is 1. The predicted octanol–water partition coefficient (Wildman–Crippen LogP) is 2.24. The highest BCUT2D eigenvalue weighted by atomic mass is 16.5. The molecule has 1 N–H and O–H groups in total. The first kappa shape index (κ1) is 19.1. The van der Waals surface area contributed by atoms with Gasteiger partial charge in [-0.1, -0.05) is 6.08 Å². The Labute approximate surface area is 148 Å². The van der Waals surface area contributed by atoms with Crippen molar-refractivity contribution in [3.63, 3.8) is 0 Å². The molecule has 0 saturated heterocycles. The van der Waals surface area contributed by atoms with Crippen LogP contribution in [-0.4, -0.2) is 29.2 Å². The number of aryl methyl sites for hydroxylation is 1. The van der Waals surface area contributed by atoms with E-state index in [0.717, 1.165) is 0 Å². The molecular formula is C19H18O7. The molecule has 136 valence electrons. The van der Waals surface area contributed by atoms with Gasteiger partial charge < -0.3 is 14.3 Å². The van der Waals surface area contributed by atoms with E-state index in [2.05, 4.69) is 11.3 Å². The van der Waals surface area contributed by atoms with E-state index in [9.17, 15) is 24.3 Å².